The van der Waals surface area contributed by atoms with Gasteiger partial charge in [-0.3, -0.25) is 4.79 Å². The van der Waals surface area contributed by atoms with Gasteiger partial charge in [0, 0.05) is 18.7 Å². The smallest absolute Gasteiger partial charge is 0.152 e. The van der Waals surface area contributed by atoms with Crippen LogP contribution in [0.2, 0.25) is 0 Å². The van der Waals surface area contributed by atoms with E-state index in [0.29, 0.717) is 0 Å². The molecule has 0 radical (unpaired) electrons. The normalized spacial score (nSPS) is 13.5. The number of hydrogen-bond donors (Lipinski definition) is 0. The average Bonchev–Trinajstić information content (AvgIpc) is 2.29. The molecule has 2 heteroatoms. The number of rotatable bonds is 3. The Bertz CT molecular complexity index is 421. The van der Waals surface area contributed by atoms with Crippen LogP contribution >= 0.6 is 0 Å². The van der Waals surface area contributed by atoms with Crippen LogP contribution < -0.4 is 4.90 Å². The number of fused-ring (bicyclic) bond motifs is 1. The van der Waals surface area contributed by atoms with Crippen LogP contribution in [0.25, 0.3) is 6.08 Å². The molecule has 0 saturated carbocycles. The van der Waals surface area contributed by atoms with E-state index in [9.17, 15) is 4.79 Å². The lowest BCUT2D eigenvalue weighted by atomic mass is 10.0. The monoisotopic (exact) mass is 199 g/mol. The molecule has 0 unspecified atom stereocenters. The van der Waals surface area contributed by atoms with E-state index >= 15 is 0 Å². The fourth-order valence-corrected chi connectivity index (χ4v) is 1.89. The van der Waals surface area contributed by atoms with E-state index in [0.717, 1.165) is 36.2 Å². The molecule has 2 nitrogen and oxygen atoms in total. The Kier molecular flexibility index (Phi) is 2.68. The lowest BCUT2D eigenvalue weighted by Crippen LogP contribution is -2.27. The second kappa shape index (κ2) is 4.13. The Hall–Kier alpha value is -1.83. The zero-order valence-electron chi connectivity index (χ0n) is 8.52. The highest BCUT2D eigenvalue weighted by molar-refractivity contribution is 5.90. The number of benzene rings is 1. The summed E-state index contributed by atoms with van der Waals surface area (Å²) < 4.78 is 0. The van der Waals surface area contributed by atoms with Crippen molar-refractivity contribution >= 4 is 18.0 Å². The van der Waals surface area contributed by atoms with Crippen molar-refractivity contribution in [2.75, 3.05) is 18.0 Å². The Labute approximate surface area is 89.5 Å². The number of carbonyl (C=O) groups excluding carboxylic acids is 1. The number of para-hydroxylation sites is 1. The molecule has 0 atom stereocenters. The molecule has 1 aliphatic heterocycles. The Morgan fingerprint density at radius 1 is 1.47 bits per heavy atom. The van der Waals surface area contributed by atoms with Gasteiger partial charge in [0.2, 0.25) is 0 Å². The second-order valence-electron chi connectivity index (χ2n) is 3.50. The van der Waals surface area contributed by atoms with Crippen molar-refractivity contribution in [1.82, 2.24) is 0 Å². The standard InChI is InChI=1S/C13H13NO/c1-2-8-14-9-4-7-11-5-3-6-12(10-15)13(11)14/h2-7,10H,1,8-9H2. The zero-order valence-corrected chi connectivity index (χ0v) is 8.52. The molecule has 0 aromatic heterocycles. The number of carbonyl (C=O) groups is 1. The molecule has 15 heavy (non-hydrogen) atoms. The summed E-state index contributed by atoms with van der Waals surface area (Å²) in [5.74, 6) is 0. The third kappa shape index (κ3) is 1.71. The molecular formula is C13H13NO. The minimum atomic E-state index is 0.749. The molecular weight excluding hydrogens is 186 g/mol. The molecule has 1 aromatic rings. The van der Waals surface area contributed by atoms with Crippen LogP contribution in [0.3, 0.4) is 0 Å². The van der Waals surface area contributed by atoms with Crippen molar-refractivity contribution in [3.63, 3.8) is 0 Å². The molecule has 76 valence electrons. The van der Waals surface area contributed by atoms with Gasteiger partial charge >= 0.3 is 0 Å². The van der Waals surface area contributed by atoms with Gasteiger partial charge in [0.25, 0.3) is 0 Å². The van der Waals surface area contributed by atoms with Crippen LogP contribution in [-0.2, 0) is 0 Å². The number of aldehydes is 1. The van der Waals surface area contributed by atoms with Crippen LogP contribution in [0.15, 0.2) is 36.9 Å². The highest BCUT2D eigenvalue weighted by Gasteiger charge is 2.15. The largest absolute Gasteiger partial charge is 0.363 e. The second-order valence-corrected chi connectivity index (χ2v) is 3.50. The fourth-order valence-electron chi connectivity index (χ4n) is 1.89. The summed E-state index contributed by atoms with van der Waals surface area (Å²) in [6, 6.07) is 5.78. The van der Waals surface area contributed by atoms with E-state index in [-0.39, 0.29) is 0 Å². The summed E-state index contributed by atoms with van der Waals surface area (Å²) in [6.45, 7) is 5.33. The molecule has 0 spiro atoms. The summed E-state index contributed by atoms with van der Waals surface area (Å²) in [5, 5.41) is 0. The van der Waals surface area contributed by atoms with Gasteiger partial charge in [0.1, 0.15) is 0 Å². The maximum Gasteiger partial charge on any atom is 0.152 e. The van der Waals surface area contributed by atoms with Gasteiger partial charge in [-0.25, -0.2) is 0 Å². The number of nitrogens with zero attached hydrogens (tertiary/aromatic N) is 1. The Morgan fingerprint density at radius 2 is 2.33 bits per heavy atom. The average molecular weight is 199 g/mol. The van der Waals surface area contributed by atoms with E-state index in [2.05, 4.69) is 23.6 Å². The molecule has 1 heterocycles. The van der Waals surface area contributed by atoms with Crippen LogP contribution in [0.1, 0.15) is 15.9 Å². The van der Waals surface area contributed by atoms with Crippen molar-refractivity contribution in [3.05, 3.63) is 48.1 Å². The van der Waals surface area contributed by atoms with E-state index in [1.54, 1.807) is 0 Å². The Morgan fingerprint density at radius 3 is 3.07 bits per heavy atom. The van der Waals surface area contributed by atoms with Crippen molar-refractivity contribution in [2.24, 2.45) is 0 Å². The van der Waals surface area contributed by atoms with Crippen molar-refractivity contribution < 1.29 is 4.79 Å². The first-order valence-corrected chi connectivity index (χ1v) is 4.97. The van der Waals surface area contributed by atoms with E-state index in [1.807, 2.05) is 24.3 Å². The van der Waals surface area contributed by atoms with E-state index in [4.69, 9.17) is 0 Å². The van der Waals surface area contributed by atoms with Gasteiger partial charge in [-0.05, 0) is 11.6 Å². The highest BCUT2D eigenvalue weighted by Crippen LogP contribution is 2.28. The number of anilines is 1. The predicted molar refractivity (Wildman–Crippen MR) is 63.3 cm³/mol. The van der Waals surface area contributed by atoms with Gasteiger partial charge in [-0.2, -0.15) is 0 Å². The summed E-state index contributed by atoms with van der Waals surface area (Å²) >= 11 is 0. The van der Waals surface area contributed by atoms with E-state index < -0.39 is 0 Å². The van der Waals surface area contributed by atoms with Crippen molar-refractivity contribution in [1.29, 1.82) is 0 Å². The lowest BCUT2D eigenvalue weighted by Gasteiger charge is -2.28. The molecule has 1 aromatic carbocycles. The van der Waals surface area contributed by atoms with Gasteiger partial charge in [0.05, 0.1) is 5.69 Å². The van der Waals surface area contributed by atoms with Gasteiger partial charge < -0.3 is 4.90 Å². The summed E-state index contributed by atoms with van der Waals surface area (Å²) in [4.78, 5) is 13.1. The Balaban J connectivity index is 2.52. The maximum atomic E-state index is 11.0. The predicted octanol–water partition coefficient (Wildman–Crippen LogP) is 2.52. The summed E-state index contributed by atoms with van der Waals surface area (Å²) in [5.41, 5.74) is 2.88. The minimum absolute atomic E-state index is 0.749. The first-order chi connectivity index (χ1) is 7.36. The molecule has 2 rings (SSSR count). The third-order valence-corrected chi connectivity index (χ3v) is 2.51. The molecule has 1 aliphatic rings. The van der Waals surface area contributed by atoms with Gasteiger partial charge in [-0.1, -0.05) is 30.4 Å². The molecule has 0 saturated heterocycles. The third-order valence-electron chi connectivity index (χ3n) is 2.51. The van der Waals surface area contributed by atoms with Gasteiger partial charge in [0.15, 0.2) is 6.29 Å². The lowest BCUT2D eigenvalue weighted by molar-refractivity contribution is 0.112. The van der Waals surface area contributed by atoms with Crippen LogP contribution in [-0.4, -0.2) is 19.4 Å². The molecule has 0 aliphatic carbocycles. The summed E-state index contributed by atoms with van der Waals surface area (Å²) in [7, 11) is 0. The SMILES string of the molecule is C=CCN1CC=Cc2cccc(C=O)c21. The van der Waals surface area contributed by atoms with Gasteiger partial charge in [-0.15, -0.1) is 6.58 Å². The number of hydrogen-bond acceptors (Lipinski definition) is 2. The zero-order chi connectivity index (χ0) is 10.7. The molecule has 0 fully saturated rings. The van der Waals surface area contributed by atoms with Crippen LogP contribution in [0, 0.1) is 0 Å². The van der Waals surface area contributed by atoms with E-state index in [1.165, 1.54) is 0 Å². The molecule has 0 amide bonds. The quantitative estimate of drug-likeness (QED) is 0.550. The maximum absolute atomic E-state index is 11.0. The van der Waals surface area contributed by atoms with Crippen LogP contribution in [0.4, 0.5) is 5.69 Å². The topological polar surface area (TPSA) is 20.3 Å². The molecule has 0 bridgehead atoms. The van der Waals surface area contributed by atoms with Crippen LogP contribution in [0.5, 0.6) is 0 Å². The first-order valence-electron chi connectivity index (χ1n) is 4.97. The minimum Gasteiger partial charge on any atom is -0.363 e. The summed E-state index contributed by atoms with van der Waals surface area (Å²) in [6.07, 6.45) is 6.92. The van der Waals surface area contributed by atoms with Crippen molar-refractivity contribution in [2.45, 2.75) is 0 Å². The fraction of sp³-hybridized carbons (Fsp3) is 0.154. The first kappa shape index (κ1) is 9.71. The highest BCUT2D eigenvalue weighted by atomic mass is 16.1. The van der Waals surface area contributed by atoms with Crippen molar-refractivity contribution in [3.8, 4) is 0 Å². The molecule has 0 N–H and O–H groups in total.